The Bertz CT molecular complexity index is 956. The lowest BCUT2D eigenvalue weighted by molar-refractivity contribution is 0.380. The Labute approximate surface area is 209 Å². The van der Waals surface area contributed by atoms with Gasteiger partial charge in [-0.2, -0.15) is 0 Å². The summed E-state index contributed by atoms with van der Waals surface area (Å²) in [6.07, 6.45) is 1.54. The van der Waals surface area contributed by atoms with Crippen LogP contribution >= 0.6 is 24.0 Å². The average molecular weight is 577 g/mol. The zero-order valence-electron chi connectivity index (χ0n) is 20.0. The Kier molecular flexibility index (Phi) is 11.2. The predicted molar refractivity (Wildman–Crippen MR) is 141 cm³/mol. The minimum atomic E-state index is -3.38. The number of halogens is 1. The minimum absolute atomic E-state index is 0. The molecule has 2 aromatic rings. The summed E-state index contributed by atoms with van der Waals surface area (Å²) in [5.74, 6) is 1.41. The summed E-state index contributed by atoms with van der Waals surface area (Å²) in [6, 6.07) is 7.17. The van der Waals surface area contributed by atoms with Gasteiger partial charge in [-0.25, -0.2) is 13.4 Å². The standard InChI is InChI=1S/C23H36N4O3S.HI/c1-7-20-19(21(8-2)30-27-20)16-26-22(24-9-3)25-14-15-31(28,29)18-12-10-17(11-13-18)23(4,5)6;/h10-13H,7-9,14-16H2,1-6H3,(H2,24,25,26);1H. The van der Waals surface area contributed by atoms with Gasteiger partial charge in [-0.3, -0.25) is 0 Å². The number of rotatable bonds is 9. The first-order valence-corrected chi connectivity index (χ1v) is 12.6. The third-order valence-electron chi connectivity index (χ3n) is 5.09. The fourth-order valence-corrected chi connectivity index (χ4v) is 4.36. The van der Waals surface area contributed by atoms with E-state index in [9.17, 15) is 8.42 Å². The van der Waals surface area contributed by atoms with Gasteiger partial charge in [0.25, 0.3) is 0 Å². The number of nitrogens with one attached hydrogen (secondary N) is 2. The zero-order chi connectivity index (χ0) is 23.1. The maximum absolute atomic E-state index is 12.7. The SMILES string of the molecule is CCNC(=NCc1c(CC)noc1CC)NCCS(=O)(=O)c1ccc(C(C)(C)C)cc1.I. The van der Waals surface area contributed by atoms with Crippen LogP contribution in [0.25, 0.3) is 0 Å². The van der Waals surface area contributed by atoms with E-state index in [1.165, 1.54) is 0 Å². The number of hydrogen-bond acceptors (Lipinski definition) is 5. The highest BCUT2D eigenvalue weighted by molar-refractivity contribution is 14.0. The molecule has 1 aromatic carbocycles. The summed E-state index contributed by atoms with van der Waals surface area (Å²) in [5.41, 5.74) is 3.02. The number of guanidine groups is 1. The molecular weight excluding hydrogens is 539 g/mol. The molecule has 0 aliphatic heterocycles. The lowest BCUT2D eigenvalue weighted by Gasteiger charge is -2.19. The normalized spacial score (nSPS) is 12.4. The van der Waals surface area contributed by atoms with E-state index in [0.717, 1.165) is 35.4 Å². The van der Waals surface area contributed by atoms with Crippen LogP contribution in [0.15, 0.2) is 38.7 Å². The fraction of sp³-hybridized carbons (Fsp3) is 0.565. The van der Waals surface area contributed by atoms with Crippen LogP contribution in [0.4, 0.5) is 0 Å². The summed E-state index contributed by atoms with van der Waals surface area (Å²) < 4.78 is 30.8. The maximum Gasteiger partial charge on any atom is 0.191 e. The van der Waals surface area contributed by atoms with Crippen LogP contribution < -0.4 is 10.6 Å². The van der Waals surface area contributed by atoms with Crippen molar-refractivity contribution in [3.05, 3.63) is 46.8 Å². The van der Waals surface area contributed by atoms with Crippen LogP contribution in [0, 0.1) is 0 Å². The van der Waals surface area contributed by atoms with E-state index in [2.05, 4.69) is 41.6 Å². The predicted octanol–water partition coefficient (Wildman–Crippen LogP) is 4.24. The highest BCUT2D eigenvalue weighted by Crippen LogP contribution is 2.23. The van der Waals surface area contributed by atoms with Gasteiger partial charge in [0, 0.05) is 25.1 Å². The summed E-state index contributed by atoms with van der Waals surface area (Å²) in [7, 11) is -3.38. The lowest BCUT2D eigenvalue weighted by Crippen LogP contribution is -2.39. The first-order chi connectivity index (χ1) is 14.6. The topological polar surface area (TPSA) is 96.6 Å². The van der Waals surface area contributed by atoms with Crippen LogP contribution in [0.1, 0.15) is 64.1 Å². The molecule has 0 spiro atoms. The van der Waals surface area contributed by atoms with Crippen molar-refractivity contribution in [1.82, 2.24) is 15.8 Å². The quantitative estimate of drug-likeness (QED) is 0.264. The van der Waals surface area contributed by atoms with E-state index in [1.54, 1.807) is 12.1 Å². The summed E-state index contributed by atoms with van der Waals surface area (Å²) in [5, 5.41) is 10.4. The van der Waals surface area contributed by atoms with Crippen LogP contribution in [0.3, 0.4) is 0 Å². The molecule has 0 atom stereocenters. The highest BCUT2D eigenvalue weighted by Gasteiger charge is 2.18. The molecule has 0 unspecified atom stereocenters. The van der Waals surface area contributed by atoms with Crippen molar-refractivity contribution < 1.29 is 12.9 Å². The number of nitrogens with zero attached hydrogens (tertiary/aromatic N) is 2. The van der Waals surface area contributed by atoms with E-state index >= 15 is 0 Å². The first-order valence-electron chi connectivity index (χ1n) is 10.9. The van der Waals surface area contributed by atoms with Gasteiger partial charge in [0.05, 0.1) is 22.9 Å². The molecule has 0 fully saturated rings. The number of hydrogen-bond donors (Lipinski definition) is 2. The number of aromatic nitrogens is 1. The van der Waals surface area contributed by atoms with Gasteiger partial charge in [-0.15, -0.1) is 24.0 Å². The largest absolute Gasteiger partial charge is 0.361 e. The molecular formula is C23H37IN4O3S. The van der Waals surface area contributed by atoms with E-state index in [1.807, 2.05) is 32.9 Å². The van der Waals surface area contributed by atoms with E-state index in [4.69, 9.17) is 4.52 Å². The maximum atomic E-state index is 12.7. The molecule has 0 saturated carbocycles. The van der Waals surface area contributed by atoms with Gasteiger partial charge in [-0.05, 0) is 36.5 Å². The Morgan fingerprint density at radius 3 is 2.25 bits per heavy atom. The molecule has 32 heavy (non-hydrogen) atoms. The van der Waals surface area contributed by atoms with Crippen LogP contribution in [0.5, 0.6) is 0 Å². The number of aliphatic imine (C=N–C) groups is 1. The van der Waals surface area contributed by atoms with Crippen molar-refractivity contribution in [2.75, 3.05) is 18.8 Å². The molecule has 7 nitrogen and oxygen atoms in total. The molecule has 0 aliphatic carbocycles. The second-order valence-corrected chi connectivity index (χ2v) is 10.6. The highest BCUT2D eigenvalue weighted by atomic mass is 127. The minimum Gasteiger partial charge on any atom is -0.361 e. The third kappa shape index (κ3) is 7.75. The number of aryl methyl sites for hydroxylation is 2. The molecule has 2 rings (SSSR count). The van der Waals surface area contributed by atoms with E-state index in [0.29, 0.717) is 23.9 Å². The molecule has 180 valence electrons. The Morgan fingerprint density at radius 2 is 1.72 bits per heavy atom. The molecule has 2 N–H and O–H groups in total. The first kappa shape index (κ1) is 28.4. The summed E-state index contributed by atoms with van der Waals surface area (Å²) in [6.45, 7) is 13.7. The second kappa shape index (κ2) is 12.6. The van der Waals surface area contributed by atoms with Crippen LogP contribution in [-0.2, 0) is 34.6 Å². The fourth-order valence-electron chi connectivity index (χ4n) is 3.20. The molecule has 1 heterocycles. The van der Waals surface area contributed by atoms with Crippen molar-refractivity contribution >= 4 is 39.8 Å². The molecule has 0 saturated heterocycles. The van der Waals surface area contributed by atoms with Crippen LogP contribution in [-0.4, -0.2) is 38.4 Å². The Hall–Kier alpha value is -1.62. The van der Waals surface area contributed by atoms with Gasteiger partial charge >= 0.3 is 0 Å². The number of sulfone groups is 1. The molecule has 0 aliphatic rings. The molecule has 0 radical (unpaired) electrons. The van der Waals surface area contributed by atoms with Crippen molar-refractivity contribution in [3.63, 3.8) is 0 Å². The third-order valence-corrected chi connectivity index (χ3v) is 6.82. The molecule has 0 bridgehead atoms. The Morgan fingerprint density at radius 1 is 1.06 bits per heavy atom. The second-order valence-electron chi connectivity index (χ2n) is 8.45. The van der Waals surface area contributed by atoms with Gasteiger partial charge in [-0.1, -0.05) is 51.9 Å². The monoisotopic (exact) mass is 576 g/mol. The summed E-state index contributed by atoms with van der Waals surface area (Å²) in [4.78, 5) is 4.95. The molecule has 9 heteroatoms. The van der Waals surface area contributed by atoms with Crippen molar-refractivity contribution in [2.45, 2.75) is 71.2 Å². The molecule has 1 aromatic heterocycles. The van der Waals surface area contributed by atoms with E-state index < -0.39 is 9.84 Å². The van der Waals surface area contributed by atoms with Crippen molar-refractivity contribution in [3.8, 4) is 0 Å². The smallest absolute Gasteiger partial charge is 0.191 e. The lowest BCUT2D eigenvalue weighted by atomic mass is 9.87. The van der Waals surface area contributed by atoms with Crippen molar-refractivity contribution in [1.29, 1.82) is 0 Å². The summed E-state index contributed by atoms with van der Waals surface area (Å²) >= 11 is 0. The van der Waals surface area contributed by atoms with Gasteiger partial charge in [0.2, 0.25) is 0 Å². The van der Waals surface area contributed by atoms with Crippen LogP contribution in [0.2, 0.25) is 0 Å². The van der Waals surface area contributed by atoms with E-state index in [-0.39, 0.29) is 41.7 Å². The van der Waals surface area contributed by atoms with Gasteiger partial charge in [0.15, 0.2) is 15.8 Å². The Balaban J connectivity index is 0.00000512. The van der Waals surface area contributed by atoms with Gasteiger partial charge < -0.3 is 15.2 Å². The average Bonchev–Trinajstić information content (AvgIpc) is 3.13. The molecule has 0 amide bonds. The zero-order valence-corrected chi connectivity index (χ0v) is 23.1. The van der Waals surface area contributed by atoms with Crippen molar-refractivity contribution in [2.24, 2.45) is 4.99 Å². The van der Waals surface area contributed by atoms with Gasteiger partial charge in [0.1, 0.15) is 5.76 Å². The number of benzene rings is 1.